The van der Waals surface area contributed by atoms with Gasteiger partial charge in [-0.3, -0.25) is 9.88 Å². The van der Waals surface area contributed by atoms with Crippen LogP contribution in [0.25, 0.3) is 10.9 Å². The van der Waals surface area contributed by atoms with Gasteiger partial charge in [0.2, 0.25) is 0 Å². The van der Waals surface area contributed by atoms with Gasteiger partial charge in [0.15, 0.2) is 0 Å². The Morgan fingerprint density at radius 1 is 1.36 bits per heavy atom. The van der Waals surface area contributed by atoms with E-state index < -0.39 is 6.61 Å². The van der Waals surface area contributed by atoms with Crippen LogP contribution in [-0.4, -0.2) is 54.9 Å². The number of fused-ring (bicyclic) bond motifs is 1. The van der Waals surface area contributed by atoms with Crippen LogP contribution in [0.15, 0.2) is 24.4 Å². The van der Waals surface area contributed by atoms with E-state index >= 15 is 0 Å². The van der Waals surface area contributed by atoms with Crippen LogP contribution in [0.5, 0.6) is 5.75 Å². The number of nitriles is 1. The average Bonchev–Trinajstić information content (AvgIpc) is 2.63. The van der Waals surface area contributed by atoms with E-state index in [1.807, 2.05) is 0 Å². The predicted octanol–water partition coefficient (Wildman–Crippen LogP) is 3.62. The summed E-state index contributed by atoms with van der Waals surface area (Å²) in [6.45, 7) is 4.61. The van der Waals surface area contributed by atoms with Gasteiger partial charge in [0, 0.05) is 37.8 Å². The van der Waals surface area contributed by atoms with Gasteiger partial charge in [-0.1, -0.05) is 0 Å². The quantitative estimate of drug-likeness (QED) is 0.728. The van der Waals surface area contributed by atoms with Gasteiger partial charge < -0.3 is 14.8 Å². The van der Waals surface area contributed by atoms with Gasteiger partial charge in [-0.15, -0.1) is 0 Å². The molecular weight excluding hydrogens is 366 g/mol. The van der Waals surface area contributed by atoms with Crippen molar-refractivity contribution in [3.63, 3.8) is 0 Å². The van der Waals surface area contributed by atoms with Crippen LogP contribution in [-0.2, 0) is 4.74 Å². The summed E-state index contributed by atoms with van der Waals surface area (Å²) in [5.74, 6) is 0.0405. The summed E-state index contributed by atoms with van der Waals surface area (Å²) in [7, 11) is 0. The van der Waals surface area contributed by atoms with Crippen molar-refractivity contribution in [2.24, 2.45) is 0 Å². The van der Waals surface area contributed by atoms with Crippen molar-refractivity contribution in [2.75, 3.05) is 31.5 Å². The molecule has 2 unspecified atom stereocenters. The zero-order chi connectivity index (χ0) is 20.1. The number of nitrogens with one attached hydrogen (secondary N) is 1. The number of hydrogen-bond donors (Lipinski definition) is 1. The summed E-state index contributed by atoms with van der Waals surface area (Å²) in [4.78, 5) is 6.59. The standard InChI is InChI=1S/C20H24F2N4O2/c1-13-11-26(12-14(2)27-13)7-3-6-24-19-15(9-23)10-25-18-5-4-16(8-17(18)19)28-20(21)22/h4-5,8,10,13-14,20H,3,6-7,11-12H2,1-2H3,(H,24,25). The fraction of sp³-hybridized carbons (Fsp3) is 0.500. The Kier molecular flexibility index (Phi) is 6.60. The number of rotatable bonds is 7. The molecule has 0 aliphatic carbocycles. The zero-order valence-corrected chi connectivity index (χ0v) is 16.0. The minimum absolute atomic E-state index is 0.0405. The Morgan fingerprint density at radius 2 is 2.11 bits per heavy atom. The smallest absolute Gasteiger partial charge is 0.387 e. The molecular formula is C20H24F2N4O2. The number of pyridine rings is 1. The number of hydrogen-bond acceptors (Lipinski definition) is 6. The molecule has 2 heterocycles. The van der Waals surface area contributed by atoms with E-state index in [-0.39, 0.29) is 18.0 Å². The van der Waals surface area contributed by atoms with Crippen LogP contribution in [0.2, 0.25) is 0 Å². The van der Waals surface area contributed by atoms with Crippen LogP contribution in [0.4, 0.5) is 14.5 Å². The summed E-state index contributed by atoms with van der Waals surface area (Å²) in [6.07, 6.45) is 2.81. The number of aromatic nitrogens is 1. The minimum atomic E-state index is -2.90. The van der Waals surface area contributed by atoms with Crippen LogP contribution < -0.4 is 10.1 Å². The third-order valence-corrected chi connectivity index (χ3v) is 4.63. The Hall–Kier alpha value is -2.50. The maximum absolute atomic E-state index is 12.5. The summed E-state index contributed by atoms with van der Waals surface area (Å²) in [6, 6.07) is 6.65. The molecule has 6 nitrogen and oxygen atoms in total. The predicted molar refractivity (Wildman–Crippen MR) is 103 cm³/mol. The molecule has 0 bridgehead atoms. The van der Waals surface area contributed by atoms with Crippen molar-refractivity contribution in [3.05, 3.63) is 30.0 Å². The second-order valence-corrected chi connectivity index (χ2v) is 7.01. The highest BCUT2D eigenvalue weighted by Crippen LogP contribution is 2.29. The molecule has 2 aromatic rings. The number of halogens is 2. The van der Waals surface area contributed by atoms with Gasteiger partial charge in [0.25, 0.3) is 0 Å². The van der Waals surface area contributed by atoms with Gasteiger partial charge >= 0.3 is 6.61 Å². The Bertz CT molecular complexity index is 846. The number of alkyl halides is 2. The molecule has 0 amide bonds. The van der Waals surface area contributed by atoms with Crippen LogP contribution in [0, 0.1) is 11.3 Å². The lowest BCUT2D eigenvalue weighted by Gasteiger charge is -2.35. The first-order chi connectivity index (χ1) is 13.5. The first-order valence-corrected chi connectivity index (χ1v) is 9.35. The van der Waals surface area contributed by atoms with Gasteiger partial charge in [0.1, 0.15) is 11.8 Å². The fourth-order valence-corrected chi connectivity index (χ4v) is 3.61. The molecule has 1 N–H and O–H groups in total. The van der Waals surface area contributed by atoms with E-state index in [9.17, 15) is 14.0 Å². The number of ether oxygens (including phenoxy) is 2. The first kappa shape index (κ1) is 20.2. The molecule has 0 spiro atoms. The average molecular weight is 390 g/mol. The molecule has 1 saturated heterocycles. The van der Waals surface area contributed by atoms with Crippen molar-refractivity contribution < 1.29 is 18.3 Å². The summed E-state index contributed by atoms with van der Waals surface area (Å²) >= 11 is 0. The normalized spacial score (nSPS) is 20.3. The maximum atomic E-state index is 12.5. The Balaban J connectivity index is 1.69. The molecule has 1 aromatic heterocycles. The molecule has 3 rings (SSSR count). The highest BCUT2D eigenvalue weighted by molar-refractivity contribution is 5.94. The minimum Gasteiger partial charge on any atom is -0.435 e. The third-order valence-electron chi connectivity index (χ3n) is 4.63. The summed E-state index contributed by atoms with van der Waals surface area (Å²) < 4.78 is 35.3. The molecule has 8 heteroatoms. The lowest BCUT2D eigenvalue weighted by atomic mass is 10.1. The molecule has 1 aliphatic heterocycles. The number of nitrogens with zero attached hydrogens (tertiary/aromatic N) is 3. The van der Waals surface area contributed by atoms with Gasteiger partial charge in [0.05, 0.1) is 29.0 Å². The lowest BCUT2D eigenvalue weighted by molar-refractivity contribution is -0.0678. The largest absolute Gasteiger partial charge is 0.435 e. The number of morpholine rings is 1. The second-order valence-electron chi connectivity index (χ2n) is 7.01. The van der Waals surface area contributed by atoms with Gasteiger partial charge in [-0.2, -0.15) is 14.0 Å². The molecule has 1 aliphatic rings. The monoisotopic (exact) mass is 390 g/mol. The van der Waals surface area contributed by atoms with E-state index in [1.165, 1.54) is 18.3 Å². The fourth-order valence-electron chi connectivity index (χ4n) is 3.61. The van der Waals surface area contributed by atoms with Gasteiger partial charge in [-0.05, 0) is 38.5 Å². The molecule has 2 atom stereocenters. The second kappa shape index (κ2) is 9.13. The number of benzene rings is 1. The topological polar surface area (TPSA) is 70.4 Å². The lowest BCUT2D eigenvalue weighted by Crippen LogP contribution is -2.45. The van der Waals surface area contributed by atoms with Crippen LogP contribution in [0.3, 0.4) is 0 Å². The van der Waals surface area contributed by atoms with E-state index in [0.29, 0.717) is 28.7 Å². The van der Waals surface area contributed by atoms with Crippen LogP contribution in [0.1, 0.15) is 25.8 Å². The van der Waals surface area contributed by atoms with Crippen molar-refractivity contribution in [1.29, 1.82) is 5.26 Å². The molecule has 0 radical (unpaired) electrons. The van der Waals surface area contributed by atoms with Crippen molar-refractivity contribution in [3.8, 4) is 11.8 Å². The Labute approximate surface area is 163 Å². The summed E-state index contributed by atoms with van der Waals surface area (Å²) in [5.41, 5.74) is 1.57. The highest BCUT2D eigenvalue weighted by atomic mass is 19.3. The third kappa shape index (κ3) is 5.06. The van der Waals surface area contributed by atoms with E-state index in [4.69, 9.17) is 4.74 Å². The zero-order valence-electron chi connectivity index (χ0n) is 16.0. The van der Waals surface area contributed by atoms with E-state index in [1.54, 1.807) is 6.07 Å². The Morgan fingerprint density at radius 3 is 2.79 bits per heavy atom. The molecule has 1 aromatic carbocycles. The van der Waals surface area contributed by atoms with Crippen LogP contribution >= 0.6 is 0 Å². The highest BCUT2D eigenvalue weighted by Gasteiger charge is 2.21. The molecule has 28 heavy (non-hydrogen) atoms. The van der Waals surface area contributed by atoms with Crippen molar-refractivity contribution >= 4 is 16.6 Å². The van der Waals surface area contributed by atoms with Crippen molar-refractivity contribution in [2.45, 2.75) is 39.1 Å². The summed E-state index contributed by atoms with van der Waals surface area (Å²) in [5, 5.41) is 13.3. The van der Waals surface area contributed by atoms with Gasteiger partial charge in [-0.25, -0.2) is 0 Å². The first-order valence-electron chi connectivity index (χ1n) is 9.35. The molecule has 0 saturated carbocycles. The SMILES string of the molecule is CC1CN(CCCNc2c(C#N)cnc3ccc(OC(F)F)cc23)CC(C)O1. The van der Waals surface area contributed by atoms with E-state index in [0.717, 1.165) is 26.1 Å². The maximum Gasteiger partial charge on any atom is 0.387 e. The van der Waals surface area contributed by atoms with Crippen molar-refractivity contribution in [1.82, 2.24) is 9.88 Å². The molecule has 150 valence electrons. The number of anilines is 1. The molecule has 1 fully saturated rings. The van der Waals surface area contributed by atoms with E-state index in [2.05, 4.69) is 39.9 Å².